The highest BCUT2D eigenvalue weighted by atomic mass is 16.5. The summed E-state index contributed by atoms with van der Waals surface area (Å²) < 4.78 is 5.55. The molecule has 4 saturated carbocycles. The summed E-state index contributed by atoms with van der Waals surface area (Å²) >= 11 is 0. The smallest absolute Gasteiger partial charge is 0.302 e. The van der Waals surface area contributed by atoms with Crippen LogP contribution in [0.25, 0.3) is 0 Å². The first-order chi connectivity index (χ1) is 13.1. The first-order valence-electron chi connectivity index (χ1n) is 10.5. The van der Waals surface area contributed by atoms with Crippen molar-refractivity contribution in [2.75, 3.05) is 13.2 Å². The maximum absolute atomic E-state index is 13.4. The van der Waals surface area contributed by atoms with Gasteiger partial charge in [0.05, 0.1) is 24.2 Å². The van der Waals surface area contributed by atoms with E-state index in [1.54, 1.807) is 0 Å². The van der Waals surface area contributed by atoms with Crippen molar-refractivity contribution in [2.24, 2.45) is 34.0 Å². The van der Waals surface area contributed by atoms with Crippen LogP contribution in [-0.2, 0) is 14.3 Å². The van der Waals surface area contributed by atoms with Crippen molar-refractivity contribution in [3.8, 4) is 0 Å². The average molecular weight is 392 g/mol. The van der Waals surface area contributed by atoms with E-state index in [0.29, 0.717) is 24.8 Å². The van der Waals surface area contributed by atoms with Crippen molar-refractivity contribution in [2.45, 2.75) is 64.6 Å². The molecule has 0 aromatic rings. The van der Waals surface area contributed by atoms with Gasteiger partial charge in [-0.15, -0.1) is 0 Å². The topological polar surface area (TPSA) is 104 Å². The summed E-state index contributed by atoms with van der Waals surface area (Å²) in [5, 5.41) is 32.7. The third-order valence-electron chi connectivity index (χ3n) is 8.88. The summed E-state index contributed by atoms with van der Waals surface area (Å²) in [5.41, 5.74) is -1.78. The van der Waals surface area contributed by atoms with Crippen molar-refractivity contribution in [1.29, 1.82) is 0 Å². The zero-order chi connectivity index (χ0) is 20.5. The summed E-state index contributed by atoms with van der Waals surface area (Å²) in [4.78, 5) is 25.1. The Morgan fingerprint density at radius 2 is 1.96 bits per heavy atom. The predicted octanol–water partition coefficient (Wildman–Crippen LogP) is 1.61. The first kappa shape index (κ1) is 20.0. The Labute approximate surface area is 166 Å². The number of ether oxygens (including phenoxy) is 1. The fourth-order valence-electron chi connectivity index (χ4n) is 7.65. The quantitative estimate of drug-likeness (QED) is 0.498. The lowest BCUT2D eigenvalue weighted by Crippen LogP contribution is -2.69. The number of carbonyl (C=O) groups is 2. The molecule has 2 bridgehead atoms. The number of hydrogen-bond acceptors (Lipinski definition) is 6. The van der Waals surface area contributed by atoms with Gasteiger partial charge >= 0.3 is 5.97 Å². The van der Waals surface area contributed by atoms with Gasteiger partial charge in [0.2, 0.25) is 0 Å². The number of ketones is 1. The van der Waals surface area contributed by atoms with Gasteiger partial charge in [0.1, 0.15) is 0 Å². The lowest BCUT2D eigenvalue weighted by atomic mass is 9.39. The number of carbonyl (C=O) groups excluding carboxylic acids is 2. The van der Waals surface area contributed by atoms with Gasteiger partial charge < -0.3 is 20.1 Å². The third-order valence-corrected chi connectivity index (χ3v) is 8.88. The Balaban J connectivity index is 1.88. The molecule has 4 aliphatic rings. The maximum Gasteiger partial charge on any atom is 0.302 e. The Hall–Kier alpha value is -1.24. The third kappa shape index (κ3) is 2.25. The number of rotatable bonds is 3. The van der Waals surface area contributed by atoms with E-state index in [1.165, 1.54) is 6.92 Å². The highest BCUT2D eigenvalue weighted by Crippen LogP contribution is 2.71. The minimum atomic E-state index is -1.26. The molecule has 8 atom stereocenters. The molecule has 4 rings (SSSR count). The molecule has 0 saturated heterocycles. The van der Waals surface area contributed by atoms with Crippen LogP contribution in [0.3, 0.4) is 0 Å². The number of fused-ring (bicyclic) bond motifs is 3. The second-order valence-electron chi connectivity index (χ2n) is 9.95. The van der Waals surface area contributed by atoms with Gasteiger partial charge in [-0.2, -0.15) is 0 Å². The first-order valence-corrected chi connectivity index (χ1v) is 10.5. The van der Waals surface area contributed by atoms with Crippen LogP contribution in [-0.4, -0.2) is 52.5 Å². The van der Waals surface area contributed by atoms with E-state index in [4.69, 9.17) is 4.74 Å². The van der Waals surface area contributed by atoms with Gasteiger partial charge in [0, 0.05) is 24.9 Å². The standard InChI is InChI=1S/C22H32O6/c1-12-14-5-6-15-21(11-28-13(2)24)8-4-7-20(3,10-23)16(21)9-17(25)22(15,18(12)26)19(14)27/h14-17,19,23,25,27H,1,4-11H2,2-3H3. The molecule has 4 aliphatic carbocycles. The molecule has 3 N–H and O–H groups in total. The largest absolute Gasteiger partial charge is 0.465 e. The zero-order valence-electron chi connectivity index (χ0n) is 16.8. The molecule has 4 fully saturated rings. The maximum atomic E-state index is 13.4. The van der Waals surface area contributed by atoms with E-state index in [9.17, 15) is 24.9 Å². The highest BCUT2D eigenvalue weighted by molar-refractivity contribution is 6.04. The van der Waals surface area contributed by atoms with Crippen LogP contribution in [0.1, 0.15) is 52.4 Å². The fourth-order valence-corrected chi connectivity index (χ4v) is 7.65. The summed E-state index contributed by atoms with van der Waals surface area (Å²) in [6, 6.07) is 0. The summed E-state index contributed by atoms with van der Waals surface area (Å²) in [6.07, 6.45) is 2.16. The number of aliphatic hydroxyl groups excluding tert-OH is 3. The SMILES string of the molecule is C=C1C(=O)C23C(O)CC4C(C)(CO)CCCC4(COC(C)=O)C2CCC1C3O. The Morgan fingerprint density at radius 3 is 2.61 bits per heavy atom. The van der Waals surface area contributed by atoms with E-state index in [-0.39, 0.29) is 42.7 Å². The van der Waals surface area contributed by atoms with E-state index in [2.05, 4.69) is 6.58 Å². The van der Waals surface area contributed by atoms with E-state index in [0.717, 1.165) is 19.3 Å². The lowest BCUT2D eigenvalue weighted by molar-refractivity contribution is -0.246. The second-order valence-corrected chi connectivity index (χ2v) is 9.95. The van der Waals surface area contributed by atoms with Crippen molar-refractivity contribution < 1.29 is 29.6 Å². The monoisotopic (exact) mass is 392 g/mol. The van der Waals surface area contributed by atoms with E-state index in [1.807, 2.05) is 6.92 Å². The van der Waals surface area contributed by atoms with Crippen LogP contribution in [0.4, 0.5) is 0 Å². The second kappa shape index (κ2) is 6.38. The number of hydrogen-bond donors (Lipinski definition) is 3. The van der Waals surface area contributed by atoms with Crippen LogP contribution in [0.15, 0.2) is 12.2 Å². The zero-order valence-corrected chi connectivity index (χ0v) is 16.8. The lowest BCUT2D eigenvalue weighted by Gasteiger charge is -2.65. The van der Waals surface area contributed by atoms with Crippen molar-refractivity contribution in [3.63, 3.8) is 0 Å². The molecular weight excluding hydrogens is 360 g/mol. The predicted molar refractivity (Wildman–Crippen MR) is 101 cm³/mol. The summed E-state index contributed by atoms with van der Waals surface area (Å²) in [7, 11) is 0. The Bertz CT molecular complexity index is 718. The molecular formula is C22H32O6. The molecule has 8 unspecified atom stereocenters. The number of esters is 1. The van der Waals surface area contributed by atoms with Gasteiger partial charge in [0.25, 0.3) is 0 Å². The van der Waals surface area contributed by atoms with Crippen LogP contribution < -0.4 is 0 Å². The van der Waals surface area contributed by atoms with Crippen LogP contribution in [0.2, 0.25) is 0 Å². The molecule has 0 heterocycles. The molecule has 0 aromatic carbocycles. The highest BCUT2D eigenvalue weighted by Gasteiger charge is 2.75. The molecule has 0 amide bonds. The number of Topliss-reactive ketones (excluding diaryl/α,β-unsaturated/α-hetero) is 1. The number of aliphatic hydroxyl groups is 3. The molecule has 0 aliphatic heterocycles. The molecule has 1 spiro atoms. The summed E-state index contributed by atoms with van der Waals surface area (Å²) in [5.74, 6) is -1.27. The van der Waals surface area contributed by atoms with Gasteiger partial charge in [-0.1, -0.05) is 19.9 Å². The van der Waals surface area contributed by atoms with E-state index < -0.39 is 28.5 Å². The Kier molecular flexibility index (Phi) is 4.57. The van der Waals surface area contributed by atoms with Gasteiger partial charge in [-0.05, 0) is 54.9 Å². The molecule has 6 nitrogen and oxygen atoms in total. The van der Waals surface area contributed by atoms with Gasteiger partial charge in [0.15, 0.2) is 5.78 Å². The van der Waals surface area contributed by atoms with Crippen molar-refractivity contribution in [1.82, 2.24) is 0 Å². The van der Waals surface area contributed by atoms with E-state index >= 15 is 0 Å². The molecule has 0 aromatic heterocycles. The molecule has 0 radical (unpaired) electrons. The van der Waals surface area contributed by atoms with Crippen LogP contribution >= 0.6 is 0 Å². The fraction of sp³-hybridized carbons (Fsp3) is 0.818. The normalized spacial score (nSPS) is 50.1. The van der Waals surface area contributed by atoms with Crippen molar-refractivity contribution >= 4 is 11.8 Å². The van der Waals surface area contributed by atoms with Gasteiger partial charge in [-0.25, -0.2) is 0 Å². The minimum Gasteiger partial charge on any atom is -0.465 e. The van der Waals surface area contributed by atoms with Crippen LogP contribution in [0.5, 0.6) is 0 Å². The Morgan fingerprint density at radius 1 is 1.25 bits per heavy atom. The average Bonchev–Trinajstić information content (AvgIpc) is 2.77. The molecule has 6 heteroatoms. The van der Waals surface area contributed by atoms with Crippen LogP contribution in [0, 0.1) is 34.0 Å². The molecule has 28 heavy (non-hydrogen) atoms. The van der Waals surface area contributed by atoms with Gasteiger partial charge in [-0.3, -0.25) is 9.59 Å². The molecule has 156 valence electrons. The minimum absolute atomic E-state index is 0.0161. The van der Waals surface area contributed by atoms with Crippen molar-refractivity contribution in [3.05, 3.63) is 12.2 Å². The summed E-state index contributed by atoms with van der Waals surface area (Å²) in [6.45, 7) is 7.50.